The normalized spacial score (nSPS) is 25.7. The first-order chi connectivity index (χ1) is 9.20. The van der Waals surface area contributed by atoms with Crippen molar-refractivity contribution in [3.63, 3.8) is 0 Å². The van der Waals surface area contributed by atoms with Gasteiger partial charge in [0, 0.05) is 38.6 Å². The van der Waals surface area contributed by atoms with Gasteiger partial charge in [-0.25, -0.2) is 0 Å². The van der Waals surface area contributed by atoms with Gasteiger partial charge in [0.05, 0.1) is 0 Å². The number of nitrogens with zero attached hydrogens (tertiary/aromatic N) is 2. The highest BCUT2D eigenvalue weighted by molar-refractivity contribution is 5.76. The molecule has 1 N–H and O–H groups in total. The topological polar surface area (TPSA) is 35.6 Å². The number of hydrogen-bond donors (Lipinski definition) is 1. The summed E-state index contributed by atoms with van der Waals surface area (Å²) in [4.78, 5) is 16.7. The molecule has 2 saturated heterocycles. The maximum absolute atomic E-state index is 12.2. The van der Waals surface area contributed by atoms with E-state index in [4.69, 9.17) is 0 Å². The lowest BCUT2D eigenvalue weighted by molar-refractivity contribution is -0.133. The Morgan fingerprint density at radius 2 is 2.05 bits per heavy atom. The molecule has 4 heteroatoms. The molecule has 2 aliphatic heterocycles. The zero-order valence-electron chi connectivity index (χ0n) is 12.5. The van der Waals surface area contributed by atoms with Crippen molar-refractivity contribution in [1.29, 1.82) is 0 Å². The molecule has 0 aromatic rings. The summed E-state index contributed by atoms with van der Waals surface area (Å²) in [5, 5.41) is 3.47. The fraction of sp³-hybridized carbons (Fsp3) is 0.933. The van der Waals surface area contributed by atoms with Crippen LogP contribution in [0.4, 0.5) is 0 Å². The summed E-state index contributed by atoms with van der Waals surface area (Å²) in [6, 6.07) is 1.05. The summed E-state index contributed by atoms with van der Waals surface area (Å²) in [5.74, 6) is 0.337. The molecule has 0 radical (unpaired) electrons. The van der Waals surface area contributed by atoms with Crippen molar-refractivity contribution in [3.05, 3.63) is 0 Å². The van der Waals surface area contributed by atoms with Gasteiger partial charge in [-0.2, -0.15) is 0 Å². The molecule has 19 heavy (non-hydrogen) atoms. The molecule has 1 unspecified atom stereocenters. The minimum absolute atomic E-state index is 0.337. The fourth-order valence-corrected chi connectivity index (χ4v) is 3.30. The molecule has 1 amide bonds. The molecule has 0 aromatic heterocycles. The number of likely N-dealkylation sites (tertiary alicyclic amines) is 1. The predicted octanol–water partition coefficient (Wildman–Crippen LogP) is 1.46. The number of carbonyl (C=O) groups excluding carboxylic acids is 1. The maximum Gasteiger partial charge on any atom is 0.222 e. The van der Waals surface area contributed by atoms with E-state index >= 15 is 0 Å². The van der Waals surface area contributed by atoms with Gasteiger partial charge in [0.2, 0.25) is 5.91 Å². The number of carbonyl (C=O) groups is 1. The Morgan fingerprint density at radius 1 is 1.32 bits per heavy atom. The Labute approximate surface area is 117 Å². The van der Waals surface area contributed by atoms with E-state index in [1.807, 2.05) is 11.9 Å². The molecule has 0 saturated carbocycles. The maximum atomic E-state index is 12.2. The van der Waals surface area contributed by atoms with Crippen LogP contribution in [0.15, 0.2) is 0 Å². The van der Waals surface area contributed by atoms with Crippen LogP contribution in [0.25, 0.3) is 0 Å². The van der Waals surface area contributed by atoms with E-state index in [0.717, 1.165) is 45.4 Å². The quantitative estimate of drug-likeness (QED) is 0.819. The van der Waals surface area contributed by atoms with E-state index in [9.17, 15) is 4.79 Å². The van der Waals surface area contributed by atoms with Crippen LogP contribution in [-0.4, -0.2) is 61.0 Å². The average Bonchev–Trinajstić information content (AvgIpc) is 2.97. The third-order valence-electron chi connectivity index (χ3n) is 4.81. The molecular weight excluding hydrogens is 238 g/mol. The van der Waals surface area contributed by atoms with Gasteiger partial charge in [0.15, 0.2) is 0 Å². The van der Waals surface area contributed by atoms with Crippen molar-refractivity contribution in [2.24, 2.45) is 0 Å². The van der Waals surface area contributed by atoms with Crippen LogP contribution in [0.1, 0.15) is 45.4 Å². The highest BCUT2D eigenvalue weighted by Crippen LogP contribution is 2.17. The van der Waals surface area contributed by atoms with Crippen LogP contribution >= 0.6 is 0 Å². The van der Waals surface area contributed by atoms with Crippen LogP contribution < -0.4 is 5.32 Å². The summed E-state index contributed by atoms with van der Waals surface area (Å²) < 4.78 is 0. The minimum Gasteiger partial charge on any atom is -0.343 e. The fourth-order valence-electron chi connectivity index (χ4n) is 3.30. The first kappa shape index (κ1) is 14.8. The lowest BCUT2D eigenvalue weighted by Gasteiger charge is -2.36. The summed E-state index contributed by atoms with van der Waals surface area (Å²) in [7, 11) is 2.00. The van der Waals surface area contributed by atoms with E-state index < -0.39 is 0 Å². The molecule has 0 spiro atoms. The van der Waals surface area contributed by atoms with E-state index in [1.54, 1.807) is 0 Å². The van der Waals surface area contributed by atoms with Crippen molar-refractivity contribution in [3.8, 4) is 0 Å². The van der Waals surface area contributed by atoms with Gasteiger partial charge in [-0.3, -0.25) is 4.79 Å². The molecule has 1 atom stereocenters. The van der Waals surface area contributed by atoms with E-state index in [-0.39, 0.29) is 0 Å². The Bertz CT molecular complexity index is 281. The minimum atomic E-state index is 0.337. The number of piperidine rings is 1. The monoisotopic (exact) mass is 267 g/mol. The van der Waals surface area contributed by atoms with Crippen LogP contribution in [0.2, 0.25) is 0 Å². The van der Waals surface area contributed by atoms with Crippen molar-refractivity contribution in [2.45, 2.75) is 57.5 Å². The third-order valence-corrected chi connectivity index (χ3v) is 4.81. The van der Waals surface area contributed by atoms with Crippen molar-refractivity contribution >= 4 is 5.91 Å². The standard InChI is InChI=1S/C15H29N3O/c1-3-18-11-8-14(9-12-18)17(2)15(19)7-6-13-5-4-10-16-13/h13-14,16H,3-12H2,1-2H3. The lowest BCUT2D eigenvalue weighted by Crippen LogP contribution is -2.45. The molecule has 4 nitrogen and oxygen atoms in total. The molecule has 2 rings (SSSR count). The van der Waals surface area contributed by atoms with Gasteiger partial charge in [-0.1, -0.05) is 6.92 Å². The SMILES string of the molecule is CCN1CCC(N(C)C(=O)CCC2CCCN2)CC1. The summed E-state index contributed by atoms with van der Waals surface area (Å²) >= 11 is 0. The van der Waals surface area contributed by atoms with Crippen molar-refractivity contribution < 1.29 is 4.79 Å². The number of nitrogens with one attached hydrogen (secondary N) is 1. The van der Waals surface area contributed by atoms with Crippen LogP contribution in [0.3, 0.4) is 0 Å². The van der Waals surface area contributed by atoms with Gasteiger partial charge < -0.3 is 15.1 Å². The zero-order chi connectivity index (χ0) is 13.7. The second-order valence-electron chi connectivity index (χ2n) is 6.00. The van der Waals surface area contributed by atoms with E-state index in [0.29, 0.717) is 24.4 Å². The third kappa shape index (κ3) is 4.18. The number of amides is 1. The summed E-state index contributed by atoms with van der Waals surface area (Å²) in [6.45, 7) is 6.76. The molecule has 2 aliphatic rings. The Hall–Kier alpha value is -0.610. The molecule has 2 fully saturated rings. The van der Waals surface area contributed by atoms with Gasteiger partial charge in [-0.05, 0) is 45.2 Å². The molecule has 0 aromatic carbocycles. The lowest BCUT2D eigenvalue weighted by atomic mass is 10.0. The highest BCUT2D eigenvalue weighted by Gasteiger charge is 2.25. The summed E-state index contributed by atoms with van der Waals surface area (Å²) in [5.41, 5.74) is 0. The van der Waals surface area contributed by atoms with Gasteiger partial charge >= 0.3 is 0 Å². The Kier molecular flexibility index (Phi) is 5.64. The largest absolute Gasteiger partial charge is 0.343 e. The first-order valence-corrected chi connectivity index (χ1v) is 7.92. The van der Waals surface area contributed by atoms with Gasteiger partial charge in [0.1, 0.15) is 0 Å². The van der Waals surface area contributed by atoms with E-state index in [2.05, 4.69) is 17.1 Å². The smallest absolute Gasteiger partial charge is 0.222 e. The zero-order valence-corrected chi connectivity index (χ0v) is 12.5. The van der Waals surface area contributed by atoms with Gasteiger partial charge in [-0.15, -0.1) is 0 Å². The highest BCUT2D eigenvalue weighted by atomic mass is 16.2. The molecule has 0 aliphatic carbocycles. The van der Waals surface area contributed by atoms with Crippen LogP contribution in [0, 0.1) is 0 Å². The average molecular weight is 267 g/mol. The molecule has 0 bridgehead atoms. The second kappa shape index (κ2) is 7.25. The molecule has 110 valence electrons. The summed E-state index contributed by atoms with van der Waals surface area (Å²) in [6.07, 6.45) is 6.50. The molecular formula is C15H29N3O. The molecule has 2 heterocycles. The Balaban J connectivity index is 1.69. The Morgan fingerprint density at radius 3 is 2.63 bits per heavy atom. The number of hydrogen-bond acceptors (Lipinski definition) is 3. The van der Waals surface area contributed by atoms with E-state index in [1.165, 1.54) is 12.8 Å². The predicted molar refractivity (Wildman–Crippen MR) is 78.2 cm³/mol. The van der Waals surface area contributed by atoms with Crippen molar-refractivity contribution in [1.82, 2.24) is 15.1 Å². The van der Waals surface area contributed by atoms with Crippen molar-refractivity contribution in [2.75, 3.05) is 33.2 Å². The van der Waals surface area contributed by atoms with Gasteiger partial charge in [0.25, 0.3) is 0 Å². The first-order valence-electron chi connectivity index (χ1n) is 7.92. The van der Waals surface area contributed by atoms with Crippen LogP contribution in [-0.2, 0) is 4.79 Å². The number of rotatable bonds is 5. The second-order valence-corrected chi connectivity index (χ2v) is 6.00. The van der Waals surface area contributed by atoms with Crippen LogP contribution in [0.5, 0.6) is 0 Å².